The molecule has 0 radical (unpaired) electrons. The van der Waals surface area contributed by atoms with Gasteiger partial charge in [0.2, 0.25) is 0 Å². The smallest absolute Gasteiger partial charge is 0.336 e. The van der Waals surface area contributed by atoms with Crippen LogP contribution in [0.5, 0.6) is 5.75 Å². The van der Waals surface area contributed by atoms with Crippen LogP contribution in [0.1, 0.15) is 0 Å². The third-order valence-corrected chi connectivity index (χ3v) is 3.82. The minimum atomic E-state index is -0.371. The molecule has 0 amide bonds. The molecular weight excluding hydrogens is 290 g/mol. The third kappa shape index (κ3) is 2.25. The van der Waals surface area contributed by atoms with Crippen molar-refractivity contribution in [3.05, 3.63) is 71.1 Å². The maximum atomic E-state index is 11.4. The molecule has 4 aromatic rings. The van der Waals surface area contributed by atoms with Crippen LogP contribution in [0.15, 0.2) is 69.9 Å². The normalized spacial score (nSPS) is 11.0. The number of benzene rings is 2. The average Bonchev–Trinajstić information content (AvgIpc) is 2.61. The fourth-order valence-electron chi connectivity index (χ4n) is 2.77. The maximum absolute atomic E-state index is 11.4. The van der Waals surface area contributed by atoms with E-state index in [2.05, 4.69) is 0 Å². The zero-order chi connectivity index (χ0) is 15.8. The molecule has 2 heterocycles. The number of aromatic nitrogens is 1. The first-order valence-electron chi connectivity index (χ1n) is 7.23. The van der Waals surface area contributed by atoms with E-state index >= 15 is 0 Å². The standard InChI is InChI=1S/C19H13NO3/c1-22-17-11-15(12-5-3-2-4-6-12)20-14-8-9-16-13(19(14)17)7-10-18(21)23-16/h2-11H,1H3. The minimum Gasteiger partial charge on any atom is -0.496 e. The van der Waals surface area contributed by atoms with Crippen LogP contribution in [-0.2, 0) is 0 Å². The Labute approximate surface area is 132 Å². The Morgan fingerprint density at radius 3 is 2.61 bits per heavy atom. The van der Waals surface area contributed by atoms with Gasteiger partial charge in [-0.25, -0.2) is 9.78 Å². The van der Waals surface area contributed by atoms with Crippen LogP contribution in [0.4, 0.5) is 0 Å². The summed E-state index contributed by atoms with van der Waals surface area (Å²) in [5.74, 6) is 0.702. The van der Waals surface area contributed by atoms with Crippen molar-refractivity contribution in [2.75, 3.05) is 7.11 Å². The first kappa shape index (κ1) is 13.5. The second-order valence-corrected chi connectivity index (χ2v) is 5.20. The van der Waals surface area contributed by atoms with Crippen molar-refractivity contribution in [1.82, 2.24) is 4.98 Å². The molecule has 0 unspecified atom stereocenters. The molecule has 0 saturated heterocycles. The zero-order valence-corrected chi connectivity index (χ0v) is 12.4. The Bertz CT molecular complexity index is 1070. The van der Waals surface area contributed by atoms with E-state index < -0.39 is 0 Å². The monoisotopic (exact) mass is 303 g/mol. The fraction of sp³-hybridized carbons (Fsp3) is 0.0526. The Hall–Kier alpha value is -3.14. The first-order valence-corrected chi connectivity index (χ1v) is 7.23. The Kier molecular flexibility index (Phi) is 3.08. The van der Waals surface area contributed by atoms with Crippen LogP contribution < -0.4 is 10.4 Å². The highest BCUT2D eigenvalue weighted by molar-refractivity contribution is 6.08. The zero-order valence-electron chi connectivity index (χ0n) is 12.4. The SMILES string of the molecule is COc1cc(-c2ccccc2)nc2ccc3oc(=O)ccc3c12. The summed E-state index contributed by atoms with van der Waals surface area (Å²) < 4.78 is 10.8. The molecule has 4 nitrogen and oxygen atoms in total. The Morgan fingerprint density at radius 1 is 1.00 bits per heavy atom. The van der Waals surface area contributed by atoms with E-state index in [1.54, 1.807) is 19.2 Å². The van der Waals surface area contributed by atoms with E-state index in [0.717, 1.165) is 27.5 Å². The van der Waals surface area contributed by atoms with Gasteiger partial charge in [-0.15, -0.1) is 0 Å². The molecule has 0 fully saturated rings. The van der Waals surface area contributed by atoms with Gasteiger partial charge >= 0.3 is 5.63 Å². The number of rotatable bonds is 2. The topological polar surface area (TPSA) is 52.3 Å². The second-order valence-electron chi connectivity index (χ2n) is 5.20. The highest BCUT2D eigenvalue weighted by Crippen LogP contribution is 2.34. The molecule has 0 atom stereocenters. The lowest BCUT2D eigenvalue weighted by Gasteiger charge is -2.10. The number of nitrogens with zero attached hydrogens (tertiary/aromatic N) is 1. The minimum absolute atomic E-state index is 0.371. The van der Waals surface area contributed by atoms with Crippen molar-refractivity contribution >= 4 is 21.9 Å². The van der Waals surface area contributed by atoms with Gasteiger partial charge in [0.25, 0.3) is 0 Å². The summed E-state index contributed by atoms with van der Waals surface area (Å²) in [6, 6.07) is 18.6. The van der Waals surface area contributed by atoms with Crippen molar-refractivity contribution in [2.24, 2.45) is 0 Å². The predicted octanol–water partition coefficient (Wildman–Crippen LogP) is 4.02. The lowest BCUT2D eigenvalue weighted by atomic mass is 10.1. The fourth-order valence-corrected chi connectivity index (χ4v) is 2.77. The summed E-state index contributed by atoms with van der Waals surface area (Å²) in [6.45, 7) is 0. The molecule has 0 saturated carbocycles. The van der Waals surface area contributed by atoms with Crippen LogP contribution in [-0.4, -0.2) is 12.1 Å². The number of ether oxygens (including phenoxy) is 1. The molecule has 2 aromatic heterocycles. The van der Waals surface area contributed by atoms with E-state index in [1.165, 1.54) is 6.07 Å². The maximum Gasteiger partial charge on any atom is 0.336 e. The Balaban J connectivity index is 2.08. The Morgan fingerprint density at radius 2 is 1.83 bits per heavy atom. The van der Waals surface area contributed by atoms with Gasteiger partial charge in [-0.05, 0) is 18.2 Å². The molecule has 0 spiro atoms. The highest BCUT2D eigenvalue weighted by atomic mass is 16.5. The second kappa shape index (κ2) is 5.25. The molecular formula is C19H13NO3. The van der Waals surface area contributed by atoms with Gasteiger partial charge < -0.3 is 9.15 Å². The summed E-state index contributed by atoms with van der Waals surface area (Å²) in [4.78, 5) is 16.1. The van der Waals surface area contributed by atoms with Crippen molar-refractivity contribution in [2.45, 2.75) is 0 Å². The predicted molar refractivity (Wildman–Crippen MR) is 89.8 cm³/mol. The van der Waals surface area contributed by atoms with Crippen LogP contribution in [0, 0.1) is 0 Å². The van der Waals surface area contributed by atoms with Gasteiger partial charge in [0.1, 0.15) is 11.3 Å². The van der Waals surface area contributed by atoms with Gasteiger partial charge in [-0.2, -0.15) is 0 Å². The number of pyridine rings is 1. The largest absolute Gasteiger partial charge is 0.496 e. The van der Waals surface area contributed by atoms with E-state index in [1.807, 2.05) is 42.5 Å². The summed E-state index contributed by atoms with van der Waals surface area (Å²) in [5, 5.41) is 1.65. The molecule has 4 heteroatoms. The quantitative estimate of drug-likeness (QED) is 0.414. The lowest BCUT2D eigenvalue weighted by molar-refractivity contribution is 0.420. The molecule has 2 aromatic carbocycles. The average molecular weight is 303 g/mol. The van der Waals surface area contributed by atoms with Crippen molar-refractivity contribution in [3.8, 4) is 17.0 Å². The van der Waals surface area contributed by atoms with Gasteiger partial charge in [0, 0.05) is 23.1 Å². The molecule has 4 rings (SSSR count). The number of methoxy groups -OCH3 is 1. The van der Waals surface area contributed by atoms with E-state index in [0.29, 0.717) is 11.3 Å². The molecule has 0 aliphatic heterocycles. The van der Waals surface area contributed by atoms with Gasteiger partial charge in [-0.1, -0.05) is 30.3 Å². The molecule has 23 heavy (non-hydrogen) atoms. The molecule has 0 N–H and O–H groups in total. The highest BCUT2D eigenvalue weighted by Gasteiger charge is 2.12. The summed E-state index contributed by atoms with van der Waals surface area (Å²) in [5.41, 5.74) is 2.81. The number of fused-ring (bicyclic) bond motifs is 3. The number of hydrogen-bond donors (Lipinski definition) is 0. The first-order chi connectivity index (χ1) is 11.3. The van der Waals surface area contributed by atoms with Gasteiger partial charge in [0.15, 0.2) is 0 Å². The lowest BCUT2D eigenvalue weighted by Crippen LogP contribution is -1.96. The molecule has 0 aliphatic carbocycles. The van der Waals surface area contributed by atoms with Crippen LogP contribution >= 0.6 is 0 Å². The summed E-state index contributed by atoms with van der Waals surface area (Å²) >= 11 is 0. The summed E-state index contributed by atoms with van der Waals surface area (Å²) in [7, 11) is 1.63. The van der Waals surface area contributed by atoms with Crippen LogP contribution in [0.3, 0.4) is 0 Å². The van der Waals surface area contributed by atoms with Gasteiger partial charge in [-0.3, -0.25) is 0 Å². The van der Waals surface area contributed by atoms with Crippen molar-refractivity contribution in [3.63, 3.8) is 0 Å². The van der Waals surface area contributed by atoms with Gasteiger partial charge in [0.05, 0.1) is 23.7 Å². The molecule has 0 bridgehead atoms. The molecule has 112 valence electrons. The summed E-state index contributed by atoms with van der Waals surface area (Å²) in [6.07, 6.45) is 0. The third-order valence-electron chi connectivity index (χ3n) is 3.82. The van der Waals surface area contributed by atoms with E-state index in [4.69, 9.17) is 14.1 Å². The van der Waals surface area contributed by atoms with E-state index in [9.17, 15) is 4.79 Å². The van der Waals surface area contributed by atoms with E-state index in [-0.39, 0.29) is 5.63 Å². The number of hydrogen-bond acceptors (Lipinski definition) is 4. The van der Waals surface area contributed by atoms with Crippen LogP contribution in [0.2, 0.25) is 0 Å². The van der Waals surface area contributed by atoms with Crippen LogP contribution in [0.25, 0.3) is 33.1 Å². The van der Waals surface area contributed by atoms with Crippen molar-refractivity contribution < 1.29 is 9.15 Å². The molecule has 0 aliphatic rings. The van der Waals surface area contributed by atoms with Crippen molar-refractivity contribution in [1.29, 1.82) is 0 Å².